The molecule has 0 aliphatic carbocycles. The zero-order valence-electron chi connectivity index (χ0n) is 16.5. The molecule has 0 bridgehead atoms. The monoisotopic (exact) mass is 420 g/mol. The Labute approximate surface area is 176 Å². The van der Waals surface area contributed by atoms with Crippen LogP contribution in [0.15, 0.2) is 34.9 Å². The van der Waals surface area contributed by atoms with Gasteiger partial charge in [0.15, 0.2) is 11.7 Å². The third-order valence-electron chi connectivity index (χ3n) is 5.25. The maximum atomic E-state index is 12.7. The van der Waals surface area contributed by atoms with Crippen LogP contribution in [-0.4, -0.2) is 44.3 Å². The van der Waals surface area contributed by atoms with Gasteiger partial charge in [0, 0.05) is 16.9 Å². The summed E-state index contributed by atoms with van der Waals surface area (Å²) in [5.41, 5.74) is 2.69. The standard InChI is InChI=1S/C21H20N6O2S/c1-12-24-27-21(30-12)14-2-3-17-15(8-14)9-16(25-26-17)10-19(28)18-11-29-20(23-18)13-4-6-22-7-5-13/h2-3,8-9,11,13,22H,4-7,10H2,1H3. The van der Waals surface area contributed by atoms with Crippen molar-refractivity contribution in [3.63, 3.8) is 0 Å². The van der Waals surface area contributed by atoms with Crippen molar-refractivity contribution in [1.82, 2.24) is 30.7 Å². The Bertz CT molecular complexity index is 1210. The van der Waals surface area contributed by atoms with Crippen LogP contribution in [0.5, 0.6) is 0 Å². The molecule has 0 radical (unpaired) electrons. The molecule has 4 aromatic rings. The van der Waals surface area contributed by atoms with Crippen molar-refractivity contribution < 1.29 is 9.21 Å². The van der Waals surface area contributed by atoms with E-state index in [2.05, 4.69) is 30.7 Å². The molecule has 4 heterocycles. The van der Waals surface area contributed by atoms with E-state index >= 15 is 0 Å². The zero-order chi connectivity index (χ0) is 20.5. The lowest BCUT2D eigenvalue weighted by Crippen LogP contribution is -2.26. The van der Waals surface area contributed by atoms with Gasteiger partial charge < -0.3 is 9.73 Å². The molecular formula is C21H20N6O2S. The van der Waals surface area contributed by atoms with Gasteiger partial charge in [-0.25, -0.2) is 4.98 Å². The van der Waals surface area contributed by atoms with Gasteiger partial charge in [0.05, 0.1) is 17.6 Å². The van der Waals surface area contributed by atoms with Gasteiger partial charge in [-0.1, -0.05) is 11.3 Å². The first kappa shape index (κ1) is 19.0. The predicted molar refractivity (Wildman–Crippen MR) is 113 cm³/mol. The number of rotatable bonds is 5. The van der Waals surface area contributed by atoms with Gasteiger partial charge in [-0.05, 0) is 57.1 Å². The highest BCUT2D eigenvalue weighted by molar-refractivity contribution is 7.14. The van der Waals surface area contributed by atoms with E-state index in [1.165, 1.54) is 6.26 Å². The largest absolute Gasteiger partial charge is 0.448 e. The number of ketones is 1. The van der Waals surface area contributed by atoms with Crippen molar-refractivity contribution in [2.45, 2.75) is 32.1 Å². The topological polar surface area (TPSA) is 107 Å². The molecule has 3 aromatic heterocycles. The Hall–Kier alpha value is -3.04. The van der Waals surface area contributed by atoms with Gasteiger partial charge in [-0.2, -0.15) is 10.2 Å². The van der Waals surface area contributed by atoms with Crippen LogP contribution in [0.1, 0.15) is 45.8 Å². The van der Waals surface area contributed by atoms with Crippen LogP contribution in [0.3, 0.4) is 0 Å². The summed E-state index contributed by atoms with van der Waals surface area (Å²) >= 11 is 1.54. The average Bonchev–Trinajstić information content (AvgIpc) is 3.43. The minimum Gasteiger partial charge on any atom is -0.448 e. The first-order chi connectivity index (χ1) is 14.7. The summed E-state index contributed by atoms with van der Waals surface area (Å²) in [6.07, 6.45) is 3.54. The highest BCUT2D eigenvalue weighted by Gasteiger charge is 2.22. The maximum Gasteiger partial charge on any atom is 0.197 e. The van der Waals surface area contributed by atoms with E-state index in [1.807, 2.05) is 31.2 Å². The van der Waals surface area contributed by atoms with Crippen LogP contribution in [-0.2, 0) is 6.42 Å². The Morgan fingerprint density at radius 1 is 1.17 bits per heavy atom. The SMILES string of the molecule is Cc1nnc(-c2ccc3nnc(CC(=O)c4coc(C5CCNCC5)n4)cc3c2)s1. The molecule has 0 amide bonds. The van der Waals surface area contributed by atoms with Gasteiger partial charge in [-0.3, -0.25) is 4.79 Å². The van der Waals surface area contributed by atoms with Crippen molar-refractivity contribution in [2.24, 2.45) is 0 Å². The number of carbonyl (C=O) groups is 1. The molecule has 1 aliphatic rings. The van der Waals surface area contributed by atoms with Crippen LogP contribution in [0.2, 0.25) is 0 Å². The number of hydrogen-bond donors (Lipinski definition) is 1. The van der Waals surface area contributed by atoms with Gasteiger partial charge in [0.1, 0.15) is 22.0 Å². The van der Waals surface area contributed by atoms with Crippen LogP contribution in [0.25, 0.3) is 21.5 Å². The van der Waals surface area contributed by atoms with E-state index in [4.69, 9.17) is 4.42 Å². The summed E-state index contributed by atoms with van der Waals surface area (Å²) in [6.45, 7) is 3.82. The smallest absolute Gasteiger partial charge is 0.197 e. The zero-order valence-corrected chi connectivity index (χ0v) is 17.3. The summed E-state index contributed by atoms with van der Waals surface area (Å²) in [5.74, 6) is 0.806. The van der Waals surface area contributed by atoms with E-state index in [9.17, 15) is 4.79 Å². The number of aromatic nitrogens is 5. The highest BCUT2D eigenvalue weighted by atomic mass is 32.1. The van der Waals surface area contributed by atoms with E-state index in [-0.39, 0.29) is 18.1 Å². The summed E-state index contributed by atoms with van der Waals surface area (Å²) in [4.78, 5) is 17.2. The summed E-state index contributed by atoms with van der Waals surface area (Å²) in [6, 6.07) is 7.76. The van der Waals surface area contributed by atoms with Gasteiger partial charge >= 0.3 is 0 Å². The fraction of sp³-hybridized carbons (Fsp3) is 0.333. The number of aryl methyl sites for hydroxylation is 1. The van der Waals surface area contributed by atoms with Crippen LogP contribution < -0.4 is 5.32 Å². The molecule has 9 heteroatoms. The normalized spacial score (nSPS) is 15.0. The van der Waals surface area contributed by atoms with E-state index in [0.29, 0.717) is 17.3 Å². The van der Waals surface area contributed by atoms with Crippen molar-refractivity contribution in [2.75, 3.05) is 13.1 Å². The van der Waals surface area contributed by atoms with Gasteiger partial charge in [-0.15, -0.1) is 10.2 Å². The Balaban J connectivity index is 1.35. The van der Waals surface area contributed by atoms with Crippen molar-refractivity contribution in [3.8, 4) is 10.6 Å². The Kier molecular flexibility index (Phi) is 5.06. The summed E-state index contributed by atoms with van der Waals surface area (Å²) in [7, 11) is 0. The number of carbonyl (C=O) groups excluding carboxylic acids is 1. The van der Waals surface area contributed by atoms with Gasteiger partial charge in [0.2, 0.25) is 0 Å². The molecule has 0 saturated carbocycles. The number of Topliss-reactive ketones (excluding diaryl/α,β-unsaturated/α-hetero) is 1. The number of fused-ring (bicyclic) bond motifs is 1. The van der Waals surface area contributed by atoms with Crippen molar-refractivity contribution in [1.29, 1.82) is 0 Å². The molecule has 1 aromatic carbocycles. The summed E-state index contributed by atoms with van der Waals surface area (Å²) in [5, 5.41) is 22.8. The second kappa shape index (κ2) is 8.00. The first-order valence-electron chi connectivity index (χ1n) is 9.92. The molecule has 152 valence electrons. The fourth-order valence-corrected chi connectivity index (χ4v) is 4.34. The van der Waals surface area contributed by atoms with Gasteiger partial charge in [0.25, 0.3) is 0 Å². The lowest BCUT2D eigenvalue weighted by atomic mass is 9.98. The third kappa shape index (κ3) is 3.86. The number of hydrogen-bond acceptors (Lipinski definition) is 9. The van der Waals surface area contributed by atoms with E-state index < -0.39 is 0 Å². The lowest BCUT2D eigenvalue weighted by Gasteiger charge is -2.19. The van der Waals surface area contributed by atoms with E-state index in [0.717, 1.165) is 52.4 Å². The second-order valence-corrected chi connectivity index (χ2v) is 8.61. The Morgan fingerprint density at radius 2 is 2.03 bits per heavy atom. The lowest BCUT2D eigenvalue weighted by molar-refractivity contribution is 0.0987. The summed E-state index contributed by atoms with van der Waals surface area (Å²) < 4.78 is 5.59. The molecule has 0 atom stereocenters. The molecular weight excluding hydrogens is 400 g/mol. The fourth-order valence-electron chi connectivity index (χ4n) is 3.65. The van der Waals surface area contributed by atoms with Crippen molar-refractivity contribution >= 4 is 28.0 Å². The number of nitrogens with one attached hydrogen (secondary N) is 1. The predicted octanol–water partition coefficient (Wildman–Crippen LogP) is 3.34. The van der Waals surface area contributed by atoms with Crippen LogP contribution in [0.4, 0.5) is 0 Å². The molecule has 0 unspecified atom stereocenters. The first-order valence-corrected chi connectivity index (χ1v) is 10.7. The molecule has 1 saturated heterocycles. The number of piperidine rings is 1. The van der Waals surface area contributed by atoms with Crippen LogP contribution in [0, 0.1) is 6.92 Å². The second-order valence-electron chi connectivity index (χ2n) is 7.43. The molecule has 1 fully saturated rings. The maximum absolute atomic E-state index is 12.7. The molecule has 1 N–H and O–H groups in total. The number of oxazole rings is 1. The minimum absolute atomic E-state index is 0.122. The molecule has 0 spiro atoms. The van der Waals surface area contributed by atoms with Crippen LogP contribution >= 0.6 is 11.3 Å². The molecule has 30 heavy (non-hydrogen) atoms. The quantitative estimate of drug-likeness (QED) is 0.490. The molecule has 8 nitrogen and oxygen atoms in total. The highest BCUT2D eigenvalue weighted by Crippen LogP contribution is 2.27. The van der Waals surface area contributed by atoms with E-state index in [1.54, 1.807) is 11.3 Å². The number of nitrogens with zero attached hydrogens (tertiary/aromatic N) is 5. The average molecular weight is 420 g/mol. The minimum atomic E-state index is -0.122. The Morgan fingerprint density at radius 3 is 2.83 bits per heavy atom. The van der Waals surface area contributed by atoms with Crippen molar-refractivity contribution in [3.05, 3.63) is 52.8 Å². The number of benzene rings is 1. The molecule has 1 aliphatic heterocycles. The molecule has 5 rings (SSSR count). The third-order valence-corrected chi connectivity index (χ3v) is 6.13.